The molecule has 0 saturated carbocycles. The van der Waals surface area contributed by atoms with Gasteiger partial charge in [0.1, 0.15) is 5.69 Å². The van der Waals surface area contributed by atoms with Gasteiger partial charge in [-0.1, -0.05) is 0 Å². The minimum absolute atomic E-state index is 0.303. The first-order valence-corrected chi connectivity index (χ1v) is 3.20. The van der Waals surface area contributed by atoms with E-state index in [0.717, 1.165) is 6.20 Å². The number of hydrogen-bond acceptors (Lipinski definition) is 3. The third-order valence-electron chi connectivity index (χ3n) is 1.39. The summed E-state index contributed by atoms with van der Waals surface area (Å²) in [5.41, 5.74) is -0.875. The lowest BCUT2D eigenvalue weighted by Gasteiger charge is -2.09. The van der Waals surface area contributed by atoms with Gasteiger partial charge in [-0.05, 0) is 0 Å². The summed E-state index contributed by atoms with van der Waals surface area (Å²) in [6.45, 7) is 0.645. The van der Waals surface area contributed by atoms with Gasteiger partial charge in [0.15, 0.2) is 0 Å². The van der Waals surface area contributed by atoms with Crippen LogP contribution in [0.15, 0.2) is 6.20 Å². The first-order chi connectivity index (χ1) is 5.43. The van der Waals surface area contributed by atoms with Crippen molar-refractivity contribution in [3.63, 3.8) is 0 Å². The van der Waals surface area contributed by atoms with Crippen molar-refractivity contribution in [1.29, 1.82) is 0 Å². The Morgan fingerprint density at radius 2 is 2.17 bits per heavy atom. The van der Waals surface area contributed by atoms with Crippen LogP contribution in [0.1, 0.15) is 12.6 Å². The largest absolute Gasteiger partial charge is 0.492 e. The number of H-pyrrole nitrogens is 1. The summed E-state index contributed by atoms with van der Waals surface area (Å²) in [6.07, 6.45) is 0.956. The SMILES string of the molecule is CC(F)(F)c1[nH]ncc1B(O)O. The van der Waals surface area contributed by atoms with Crippen molar-refractivity contribution in [2.75, 3.05) is 0 Å². The highest BCUT2D eigenvalue weighted by atomic mass is 19.3. The van der Waals surface area contributed by atoms with Crippen molar-refractivity contribution < 1.29 is 18.8 Å². The van der Waals surface area contributed by atoms with Crippen LogP contribution >= 0.6 is 0 Å². The van der Waals surface area contributed by atoms with Crippen molar-refractivity contribution in [3.8, 4) is 0 Å². The molecular formula is C5H7BF2N2O2. The van der Waals surface area contributed by atoms with Gasteiger partial charge in [-0.25, -0.2) is 0 Å². The average Bonchev–Trinajstić information content (AvgIpc) is 2.30. The Morgan fingerprint density at radius 1 is 1.58 bits per heavy atom. The van der Waals surface area contributed by atoms with E-state index >= 15 is 0 Å². The van der Waals surface area contributed by atoms with E-state index in [1.54, 1.807) is 0 Å². The van der Waals surface area contributed by atoms with Crippen LogP contribution < -0.4 is 5.46 Å². The Morgan fingerprint density at radius 3 is 2.50 bits per heavy atom. The minimum atomic E-state index is -3.14. The number of alkyl halides is 2. The fraction of sp³-hybridized carbons (Fsp3) is 0.400. The summed E-state index contributed by atoms with van der Waals surface area (Å²) in [5, 5.41) is 22.5. The van der Waals surface area contributed by atoms with E-state index in [9.17, 15) is 8.78 Å². The summed E-state index contributed by atoms with van der Waals surface area (Å²) in [7, 11) is -1.93. The van der Waals surface area contributed by atoms with Gasteiger partial charge in [-0.15, -0.1) is 0 Å². The third-order valence-corrected chi connectivity index (χ3v) is 1.39. The molecule has 12 heavy (non-hydrogen) atoms. The summed E-state index contributed by atoms with van der Waals surface area (Å²) >= 11 is 0. The molecule has 0 unspecified atom stereocenters. The molecule has 0 bridgehead atoms. The Labute approximate surface area is 67.4 Å². The van der Waals surface area contributed by atoms with Gasteiger partial charge in [0.2, 0.25) is 0 Å². The lowest BCUT2D eigenvalue weighted by atomic mass is 9.79. The molecule has 1 aromatic heterocycles. The molecule has 0 amide bonds. The van der Waals surface area contributed by atoms with Gasteiger partial charge >= 0.3 is 7.12 Å². The number of nitrogens with one attached hydrogen (secondary N) is 1. The molecule has 0 saturated heterocycles. The number of aromatic amines is 1. The molecule has 1 rings (SSSR count). The van der Waals surface area contributed by atoms with Crippen LogP contribution in [-0.2, 0) is 5.92 Å². The molecule has 3 N–H and O–H groups in total. The Balaban J connectivity index is 3.08. The predicted molar refractivity (Wildman–Crippen MR) is 38.0 cm³/mol. The lowest BCUT2D eigenvalue weighted by Crippen LogP contribution is -2.35. The van der Waals surface area contributed by atoms with Crippen molar-refractivity contribution in [2.24, 2.45) is 0 Å². The standard InChI is InChI=1S/C5H7BF2N2O2/c1-5(7,8)4-3(6(11)12)2-9-10-4/h2,11-12H,1H3,(H,9,10). The highest BCUT2D eigenvalue weighted by Crippen LogP contribution is 2.22. The number of rotatable bonds is 2. The normalized spacial score (nSPS) is 11.8. The lowest BCUT2D eigenvalue weighted by molar-refractivity contribution is 0.0135. The summed E-state index contributed by atoms with van der Waals surface area (Å²) in [4.78, 5) is 0. The second kappa shape index (κ2) is 2.83. The zero-order valence-corrected chi connectivity index (χ0v) is 6.25. The van der Waals surface area contributed by atoms with Gasteiger partial charge in [0.05, 0.1) is 0 Å². The third kappa shape index (κ3) is 1.62. The summed E-state index contributed by atoms with van der Waals surface area (Å²) in [6, 6.07) is 0. The topological polar surface area (TPSA) is 69.1 Å². The maximum absolute atomic E-state index is 12.6. The number of aromatic nitrogens is 2. The first kappa shape index (κ1) is 9.15. The van der Waals surface area contributed by atoms with E-state index in [1.807, 2.05) is 5.10 Å². The van der Waals surface area contributed by atoms with Crippen molar-refractivity contribution in [2.45, 2.75) is 12.8 Å². The second-order valence-electron chi connectivity index (χ2n) is 2.46. The maximum atomic E-state index is 12.6. The van der Waals surface area contributed by atoms with Crippen LogP contribution in [0.4, 0.5) is 8.78 Å². The predicted octanol–water partition coefficient (Wildman–Crippen LogP) is -0.799. The molecule has 66 valence electrons. The van der Waals surface area contributed by atoms with Gasteiger partial charge in [-0.3, -0.25) is 5.10 Å². The fourth-order valence-corrected chi connectivity index (χ4v) is 0.843. The molecule has 0 fully saturated rings. The molecule has 0 aliphatic rings. The molecular weight excluding hydrogens is 169 g/mol. The van der Waals surface area contributed by atoms with Crippen molar-refractivity contribution >= 4 is 12.6 Å². The smallest absolute Gasteiger partial charge is 0.423 e. The molecule has 0 atom stereocenters. The second-order valence-corrected chi connectivity index (χ2v) is 2.46. The minimum Gasteiger partial charge on any atom is -0.423 e. The van der Waals surface area contributed by atoms with Gasteiger partial charge in [0, 0.05) is 18.6 Å². The Hall–Kier alpha value is -0.945. The van der Waals surface area contributed by atoms with E-state index in [1.165, 1.54) is 0 Å². The number of halogens is 2. The van der Waals surface area contributed by atoms with E-state index < -0.39 is 18.7 Å². The molecule has 4 nitrogen and oxygen atoms in total. The van der Waals surface area contributed by atoms with Crippen LogP contribution in [0.2, 0.25) is 0 Å². The molecule has 0 spiro atoms. The zero-order valence-electron chi connectivity index (χ0n) is 6.25. The van der Waals surface area contributed by atoms with Gasteiger partial charge in [-0.2, -0.15) is 13.9 Å². The van der Waals surface area contributed by atoms with Crippen LogP contribution in [0.5, 0.6) is 0 Å². The first-order valence-electron chi connectivity index (χ1n) is 3.20. The molecule has 0 aromatic carbocycles. The van der Waals surface area contributed by atoms with Crippen molar-refractivity contribution in [3.05, 3.63) is 11.9 Å². The Kier molecular flexibility index (Phi) is 2.16. The zero-order chi connectivity index (χ0) is 9.35. The van der Waals surface area contributed by atoms with Gasteiger partial charge < -0.3 is 10.0 Å². The molecule has 1 heterocycles. The van der Waals surface area contributed by atoms with E-state index in [-0.39, 0.29) is 5.46 Å². The van der Waals surface area contributed by atoms with E-state index in [4.69, 9.17) is 10.0 Å². The van der Waals surface area contributed by atoms with Crippen molar-refractivity contribution in [1.82, 2.24) is 10.2 Å². The highest BCUT2D eigenvalue weighted by molar-refractivity contribution is 6.59. The number of nitrogens with zero attached hydrogens (tertiary/aromatic N) is 1. The quantitative estimate of drug-likeness (QED) is 0.516. The molecule has 0 aliphatic carbocycles. The maximum Gasteiger partial charge on any atom is 0.492 e. The van der Waals surface area contributed by atoms with E-state index in [2.05, 4.69) is 5.10 Å². The molecule has 0 radical (unpaired) electrons. The highest BCUT2D eigenvalue weighted by Gasteiger charge is 2.33. The Bertz CT molecular complexity index is 271. The van der Waals surface area contributed by atoms with Gasteiger partial charge in [0.25, 0.3) is 5.92 Å². The summed E-state index contributed by atoms with van der Waals surface area (Å²) < 4.78 is 25.2. The van der Waals surface area contributed by atoms with E-state index in [0.29, 0.717) is 6.92 Å². The van der Waals surface area contributed by atoms with Crippen LogP contribution in [0.25, 0.3) is 0 Å². The fourth-order valence-electron chi connectivity index (χ4n) is 0.843. The molecule has 0 aliphatic heterocycles. The molecule has 1 aromatic rings. The van der Waals surface area contributed by atoms with Crippen LogP contribution in [0.3, 0.4) is 0 Å². The molecule has 7 heteroatoms. The van der Waals surface area contributed by atoms with Crippen LogP contribution in [0, 0.1) is 0 Å². The number of hydrogen-bond donors (Lipinski definition) is 3. The summed E-state index contributed by atoms with van der Waals surface area (Å²) in [5.74, 6) is -3.14. The van der Waals surface area contributed by atoms with Crippen LogP contribution in [-0.4, -0.2) is 27.4 Å². The average molecular weight is 176 g/mol. The monoisotopic (exact) mass is 176 g/mol.